The van der Waals surface area contributed by atoms with Crippen LogP contribution in [0.5, 0.6) is 0 Å². The number of nitrogens with zero attached hydrogens (tertiary/aromatic N) is 3. The van der Waals surface area contributed by atoms with Gasteiger partial charge in [0.25, 0.3) is 5.91 Å². The van der Waals surface area contributed by atoms with Crippen LogP contribution in [0, 0.1) is 17.5 Å². The smallest absolute Gasteiger partial charge is 0.366 e. The number of hydrogen-bond donors (Lipinski definition) is 2. The quantitative estimate of drug-likeness (QED) is 0.284. The molecule has 0 saturated carbocycles. The first kappa shape index (κ1) is 29.5. The van der Waals surface area contributed by atoms with E-state index in [0.717, 1.165) is 18.2 Å². The molecule has 5 rings (SSSR count). The summed E-state index contributed by atoms with van der Waals surface area (Å²) in [5, 5.41) is 6.11. The first-order valence-electron chi connectivity index (χ1n) is 12.8. The van der Waals surface area contributed by atoms with Crippen molar-refractivity contribution >= 4 is 17.6 Å². The highest BCUT2D eigenvalue weighted by Crippen LogP contribution is 2.36. The number of nitrogens with two attached hydrogens (primary N) is 1. The highest BCUT2D eigenvalue weighted by molar-refractivity contribution is 5.99. The van der Waals surface area contributed by atoms with Crippen LogP contribution in [0.3, 0.4) is 0 Å². The lowest BCUT2D eigenvalue weighted by Gasteiger charge is -2.22. The van der Waals surface area contributed by atoms with Gasteiger partial charge in [-0.15, -0.1) is 0 Å². The van der Waals surface area contributed by atoms with Gasteiger partial charge in [0.15, 0.2) is 11.5 Å². The second-order valence-electron chi connectivity index (χ2n) is 9.85. The average Bonchev–Trinajstić information content (AvgIpc) is 3.48. The molecule has 1 aliphatic rings. The lowest BCUT2D eigenvalue weighted by Crippen LogP contribution is -2.34. The van der Waals surface area contributed by atoms with E-state index in [1.165, 1.54) is 24.4 Å². The molecule has 2 amide bonds. The summed E-state index contributed by atoms with van der Waals surface area (Å²) in [5.74, 6) is -5.17. The molecule has 43 heavy (non-hydrogen) atoms. The molecule has 0 saturated heterocycles. The number of carbonyl (C=O) groups excluding carboxylic acids is 3. The maximum atomic E-state index is 14.2. The Labute approximate surface area is 239 Å². The summed E-state index contributed by atoms with van der Waals surface area (Å²) in [7, 11) is 0. The molecular weight excluding hydrogens is 580 g/mol. The van der Waals surface area contributed by atoms with E-state index in [9.17, 15) is 40.7 Å². The Kier molecular flexibility index (Phi) is 7.78. The van der Waals surface area contributed by atoms with Gasteiger partial charge in [-0.2, -0.15) is 18.3 Å². The van der Waals surface area contributed by atoms with Gasteiger partial charge in [-0.05, 0) is 54.3 Å². The molecule has 4 aromatic rings. The van der Waals surface area contributed by atoms with E-state index in [2.05, 4.69) is 15.4 Å². The Hall–Kier alpha value is -5.01. The highest BCUT2D eigenvalue weighted by atomic mass is 19.4. The van der Waals surface area contributed by atoms with Crippen LogP contribution in [0.1, 0.15) is 55.8 Å². The van der Waals surface area contributed by atoms with E-state index in [1.54, 1.807) is 6.07 Å². The fraction of sp³-hybridized carbons (Fsp3) is 0.207. The molecule has 2 heterocycles. The average molecular weight is 602 g/mol. The summed E-state index contributed by atoms with van der Waals surface area (Å²) < 4.78 is 83.6. The molecule has 0 bridgehead atoms. The maximum absolute atomic E-state index is 14.2. The number of fused-ring (bicyclic) bond motifs is 1. The molecule has 2 aromatic carbocycles. The Bertz CT molecular complexity index is 1750. The number of Topliss-reactive ketones (excluding diaryl/α,β-unsaturated/α-hetero) is 1. The maximum Gasteiger partial charge on any atom is 0.435 e. The summed E-state index contributed by atoms with van der Waals surface area (Å²) in [6, 6.07) is 8.15. The molecular formula is C29H21F6N5O3. The fourth-order valence-corrected chi connectivity index (χ4v) is 5.12. The van der Waals surface area contributed by atoms with Gasteiger partial charge in [0.1, 0.15) is 29.7 Å². The number of amides is 2. The van der Waals surface area contributed by atoms with Crippen molar-refractivity contribution in [3.8, 4) is 11.1 Å². The predicted molar refractivity (Wildman–Crippen MR) is 139 cm³/mol. The third-order valence-corrected chi connectivity index (χ3v) is 6.89. The van der Waals surface area contributed by atoms with E-state index in [-0.39, 0.29) is 47.3 Å². The topological polar surface area (TPSA) is 120 Å². The van der Waals surface area contributed by atoms with Gasteiger partial charge >= 0.3 is 6.18 Å². The van der Waals surface area contributed by atoms with Crippen molar-refractivity contribution in [2.24, 2.45) is 5.73 Å². The standard InChI is InChI=1S/C29H21F6N5O3/c30-16-8-14(9-17(31)12-16)10-22(25-18(2-1-7-37-25)15-3-5-21(32)20(11-15)28(36)43)38-24(42)13-40-26-19(4-6-23(26)41)27(39-40)29(33,34)35/h1-3,5,7-9,11-12,22H,4,6,10,13H2,(H2,36,43)(H,38,42). The summed E-state index contributed by atoms with van der Waals surface area (Å²) in [4.78, 5) is 41.7. The monoisotopic (exact) mass is 601 g/mol. The molecule has 0 spiro atoms. The van der Waals surface area contributed by atoms with Gasteiger partial charge in [-0.25, -0.2) is 13.2 Å². The van der Waals surface area contributed by atoms with Crippen LogP contribution < -0.4 is 11.1 Å². The number of pyridine rings is 1. The number of aromatic nitrogens is 3. The number of carbonyl (C=O) groups is 3. The molecule has 3 N–H and O–H groups in total. The number of ketones is 1. The zero-order valence-electron chi connectivity index (χ0n) is 22.0. The lowest BCUT2D eigenvalue weighted by atomic mass is 9.94. The van der Waals surface area contributed by atoms with Gasteiger partial charge < -0.3 is 11.1 Å². The van der Waals surface area contributed by atoms with E-state index in [1.807, 2.05) is 0 Å². The van der Waals surface area contributed by atoms with Crippen molar-refractivity contribution in [3.63, 3.8) is 0 Å². The molecule has 1 unspecified atom stereocenters. The number of alkyl halides is 3. The Morgan fingerprint density at radius 1 is 1.02 bits per heavy atom. The second-order valence-corrected chi connectivity index (χ2v) is 9.85. The number of benzene rings is 2. The molecule has 0 aliphatic heterocycles. The minimum Gasteiger partial charge on any atom is -0.366 e. The molecule has 0 radical (unpaired) electrons. The van der Waals surface area contributed by atoms with Gasteiger partial charge in [-0.3, -0.25) is 24.0 Å². The van der Waals surface area contributed by atoms with E-state index >= 15 is 0 Å². The number of halogens is 6. The van der Waals surface area contributed by atoms with Crippen LogP contribution in [0.25, 0.3) is 11.1 Å². The molecule has 14 heteroatoms. The van der Waals surface area contributed by atoms with Crippen LogP contribution >= 0.6 is 0 Å². The summed E-state index contributed by atoms with van der Waals surface area (Å²) in [6.45, 7) is -0.775. The SMILES string of the molecule is NC(=O)c1cc(-c2cccnc2C(Cc2cc(F)cc(F)c2)NC(=O)Cn2nc(C(F)(F)F)c3c2C(=O)CC3)ccc1F. The lowest BCUT2D eigenvalue weighted by molar-refractivity contribution is -0.142. The summed E-state index contributed by atoms with van der Waals surface area (Å²) in [6.07, 6.45) is -4.05. The fourth-order valence-electron chi connectivity index (χ4n) is 5.12. The van der Waals surface area contributed by atoms with Crippen molar-refractivity contribution in [3.05, 3.63) is 106 Å². The minimum atomic E-state index is -4.85. The van der Waals surface area contributed by atoms with Gasteiger partial charge in [0.2, 0.25) is 5.91 Å². The van der Waals surface area contributed by atoms with Crippen LogP contribution in [-0.2, 0) is 30.4 Å². The van der Waals surface area contributed by atoms with Crippen LogP contribution in [0.4, 0.5) is 26.3 Å². The van der Waals surface area contributed by atoms with Crippen molar-refractivity contribution in [1.29, 1.82) is 0 Å². The van der Waals surface area contributed by atoms with E-state index < -0.39 is 65.1 Å². The summed E-state index contributed by atoms with van der Waals surface area (Å²) >= 11 is 0. The minimum absolute atomic E-state index is 0.103. The van der Waals surface area contributed by atoms with Gasteiger partial charge in [0.05, 0.1) is 17.3 Å². The van der Waals surface area contributed by atoms with Crippen LogP contribution in [-0.4, -0.2) is 32.4 Å². The molecule has 2 aromatic heterocycles. The second kappa shape index (κ2) is 11.3. The zero-order chi connectivity index (χ0) is 31.1. The molecule has 222 valence electrons. The largest absolute Gasteiger partial charge is 0.435 e. The predicted octanol–water partition coefficient (Wildman–Crippen LogP) is 4.71. The first-order chi connectivity index (χ1) is 20.3. The zero-order valence-corrected chi connectivity index (χ0v) is 22.0. The Morgan fingerprint density at radius 2 is 1.74 bits per heavy atom. The third kappa shape index (κ3) is 6.12. The molecule has 1 aliphatic carbocycles. The third-order valence-electron chi connectivity index (χ3n) is 6.89. The number of rotatable bonds is 8. The Balaban J connectivity index is 1.54. The van der Waals surface area contributed by atoms with Crippen molar-refractivity contribution in [2.75, 3.05) is 0 Å². The molecule has 0 fully saturated rings. The van der Waals surface area contributed by atoms with Crippen molar-refractivity contribution < 1.29 is 40.7 Å². The Morgan fingerprint density at radius 3 is 2.42 bits per heavy atom. The summed E-state index contributed by atoms with van der Waals surface area (Å²) in [5.41, 5.74) is 3.81. The number of nitrogens with one attached hydrogen (secondary N) is 1. The van der Waals surface area contributed by atoms with Crippen LogP contribution in [0.2, 0.25) is 0 Å². The normalized spacial score (nSPS) is 13.6. The van der Waals surface area contributed by atoms with E-state index in [0.29, 0.717) is 16.3 Å². The first-order valence-corrected chi connectivity index (χ1v) is 12.8. The van der Waals surface area contributed by atoms with Crippen molar-refractivity contribution in [2.45, 2.75) is 38.0 Å². The van der Waals surface area contributed by atoms with E-state index in [4.69, 9.17) is 5.73 Å². The number of hydrogen-bond acceptors (Lipinski definition) is 5. The molecule has 1 atom stereocenters. The highest BCUT2D eigenvalue weighted by Gasteiger charge is 2.42. The number of primary amides is 1. The van der Waals surface area contributed by atoms with Gasteiger partial charge in [0, 0.05) is 29.8 Å². The van der Waals surface area contributed by atoms with Gasteiger partial charge in [-0.1, -0.05) is 12.1 Å². The van der Waals surface area contributed by atoms with Crippen molar-refractivity contribution in [1.82, 2.24) is 20.1 Å². The van der Waals surface area contributed by atoms with Crippen LogP contribution in [0.15, 0.2) is 54.7 Å². The molecule has 8 nitrogen and oxygen atoms in total.